The van der Waals surface area contributed by atoms with Crippen molar-refractivity contribution < 1.29 is 23.9 Å². The Morgan fingerprint density at radius 2 is 1.71 bits per heavy atom. The summed E-state index contributed by atoms with van der Waals surface area (Å²) in [4.78, 5) is 39.9. The lowest BCUT2D eigenvalue weighted by Crippen LogP contribution is -2.37. The lowest BCUT2D eigenvalue weighted by atomic mass is 10.2. The maximum atomic E-state index is 12.7. The number of hydrogen-bond acceptors (Lipinski definition) is 7. The number of amides is 2. The highest BCUT2D eigenvalue weighted by atomic mass is 32.2. The normalized spacial score (nSPS) is 10.1. The number of nitrogens with zero attached hydrogens (tertiary/aromatic N) is 2. The first-order valence-electron chi connectivity index (χ1n) is 10.5. The van der Waals surface area contributed by atoms with Crippen molar-refractivity contribution in [3.05, 3.63) is 83.9 Å². The van der Waals surface area contributed by atoms with Crippen LogP contribution in [0.5, 0.6) is 5.75 Å². The van der Waals surface area contributed by atoms with Gasteiger partial charge in [-0.15, -0.1) is 0 Å². The van der Waals surface area contributed by atoms with Crippen molar-refractivity contribution in [2.75, 3.05) is 32.6 Å². The monoisotopic (exact) mass is 489 g/mol. The van der Waals surface area contributed by atoms with Crippen molar-refractivity contribution in [1.82, 2.24) is 4.90 Å². The van der Waals surface area contributed by atoms with Gasteiger partial charge in [-0.2, -0.15) is 5.26 Å². The van der Waals surface area contributed by atoms with Gasteiger partial charge >= 0.3 is 5.97 Å². The minimum atomic E-state index is -0.676. The molecule has 3 rings (SSSR count). The second-order valence-electron chi connectivity index (χ2n) is 7.31. The molecule has 3 aromatic rings. The maximum absolute atomic E-state index is 12.7. The lowest BCUT2D eigenvalue weighted by molar-refractivity contribution is -0.136. The third-order valence-electron chi connectivity index (χ3n) is 4.82. The molecule has 0 saturated heterocycles. The highest BCUT2D eigenvalue weighted by Gasteiger charge is 2.19. The molecule has 0 bridgehead atoms. The zero-order chi connectivity index (χ0) is 25.2. The number of carbonyl (C=O) groups excluding carboxylic acids is 3. The molecule has 0 saturated carbocycles. The Bertz CT molecular complexity index is 1270. The summed E-state index contributed by atoms with van der Waals surface area (Å²) in [5.74, 6) is -1.02. The zero-order valence-corrected chi connectivity index (χ0v) is 20.0. The van der Waals surface area contributed by atoms with Crippen LogP contribution in [0, 0.1) is 11.3 Å². The number of likely N-dealkylation sites (N-methyl/N-ethyl adjacent to an activating group) is 1. The van der Waals surface area contributed by atoms with Crippen LogP contribution < -0.4 is 10.1 Å². The van der Waals surface area contributed by atoms with Gasteiger partial charge in [0.15, 0.2) is 6.61 Å². The van der Waals surface area contributed by atoms with E-state index in [0.717, 1.165) is 0 Å². The second-order valence-corrected chi connectivity index (χ2v) is 8.40. The van der Waals surface area contributed by atoms with Crippen molar-refractivity contribution in [3.63, 3.8) is 0 Å². The Morgan fingerprint density at radius 3 is 2.46 bits per heavy atom. The van der Waals surface area contributed by atoms with E-state index in [9.17, 15) is 19.6 Å². The van der Waals surface area contributed by atoms with Gasteiger partial charge in [0.1, 0.15) is 11.8 Å². The largest absolute Gasteiger partial charge is 0.497 e. The van der Waals surface area contributed by atoms with Crippen molar-refractivity contribution in [2.24, 2.45) is 0 Å². The molecular weight excluding hydrogens is 466 g/mol. The summed E-state index contributed by atoms with van der Waals surface area (Å²) in [6.07, 6.45) is 0. The number of ether oxygens (including phenoxy) is 2. The Kier molecular flexibility index (Phi) is 8.87. The number of nitriles is 1. The molecule has 8 nitrogen and oxygen atoms in total. The van der Waals surface area contributed by atoms with Gasteiger partial charge in [0.2, 0.25) is 5.91 Å². The van der Waals surface area contributed by atoms with Crippen LogP contribution in [0.3, 0.4) is 0 Å². The van der Waals surface area contributed by atoms with E-state index in [4.69, 9.17) is 9.47 Å². The molecule has 0 heterocycles. The van der Waals surface area contributed by atoms with Gasteiger partial charge in [0.25, 0.3) is 5.91 Å². The number of rotatable bonds is 9. The standard InChI is InChI=1S/C26H23N3O5S/c1-29(16-24(30)28-19-9-7-10-20(14-19)33-2)25(31)17-34-26(32)21-11-4-6-13-23(21)35-22-12-5-3-8-18(22)15-27/h3-14H,16-17H2,1-2H3,(H,28,30). The van der Waals surface area contributed by atoms with E-state index in [1.165, 1.54) is 30.8 Å². The maximum Gasteiger partial charge on any atom is 0.339 e. The van der Waals surface area contributed by atoms with Crippen LogP contribution in [0.2, 0.25) is 0 Å². The Hall–Kier alpha value is -4.29. The molecule has 178 valence electrons. The summed E-state index contributed by atoms with van der Waals surface area (Å²) in [6.45, 7) is -0.736. The van der Waals surface area contributed by atoms with Crippen LogP contribution in [-0.4, -0.2) is 50.0 Å². The molecule has 3 aromatic carbocycles. The van der Waals surface area contributed by atoms with Gasteiger partial charge in [0.05, 0.1) is 24.8 Å². The molecule has 0 fully saturated rings. The first-order chi connectivity index (χ1) is 16.9. The lowest BCUT2D eigenvalue weighted by Gasteiger charge is -2.17. The first-order valence-corrected chi connectivity index (χ1v) is 11.3. The quantitative estimate of drug-likeness (QED) is 0.453. The highest BCUT2D eigenvalue weighted by molar-refractivity contribution is 7.99. The van der Waals surface area contributed by atoms with E-state index in [1.807, 2.05) is 6.07 Å². The molecule has 0 spiro atoms. The summed E-state index contributed by atoms with van der Waals surface area (Å²) in [6, 6.07) is 22.8. The van der Waals surface area contributed by atoms with Crippen LogP contribution in [0.4, 0.5) is 5.69 Å². The van der Waals surface area contributed by atoms with E-state index < -0.39 is 24.4 Å². The molecule has 0 radical (unpaired) electrons. The van der Waals surface area contributed by atoms with Crippen molar-refractivity contribution in [1.29, 1.82) is 5.26 Å². The Labute approximate surface area is 207 Å². The Morgan fingerprint density at radius 1 is 1.00 bits per heavy atom. The molecule has 35 heavy (non-hydrogen) atoms. The van der Waals surface area contributed by atoms with Gasteiger partial charge in [-0.3, -0.25) is 9.59 Å². The molecule has 0 atom stereocenters. The van der Waals surface area contributed by atoms with Crippen LogP contribution in [0.15, 0.2) is 82.6 Å². The van der Waals surface area contributed by atoms with Crippen LogP contribution in [0.1, 0.15) is 15.9 Å². The Balaban J connectivity index is 1.56. The predicted octanol–water partition coefficient (Wildman–Crippen LogP) is 3.97. The number of hydrogen-bond donors (Lipinski definition) is 1. The summed E-state index contributed by atoms with van der Waals surface area (Å²) in [7, 11) is 2.97. The number of anilines is 1. The van der Waals surface area contributed by atoms with E-state index in [0.29, 0.717) is 26.8 Å². The third-order valence-corrected chi connectivity index (χ3v) is 5.97. The van der Waals surface area contributed by atoms with Gasteiger partial charge in [-0.05, 0) is 36.4 Å². The fraction of sp³-hybridized carbons (Fsp3) is 0.154. The molecule has 1 N–H and O–H groups in total. The molecule has 0 aromatic heterocycles. The SMILES string of the molecule is COc1cccc(NC(=O)CN(C)C(=O)COC(=O)c2ccccc2Sc2ccccc2C#N)c1. The summed E-state index contributed by atoms with van der Waals surface area (Å²) in [5, 5.41) is 12.0. The molecule has 9 heteroatoms. The van der Waals surface area contributed by atoms with Crippen molar-refractivity contribution in [3.8, 4) is 11.8 Å². The summed E-state index contributed by atoms with van der Waals surface area (Å²) >= 11 is 1.27. The topological polar surface area (TPSA) is 109 Å². The van der Waals surface area contributed by atoms with Gasteiger partial charge < -0.3 is 19.7 Å². The first kappa shape index (κ1) is 25.3. The number of nitrogens with one attached hydrogen (secondary N) is 1. The predicted molar refractivity (Wildman–Crippen MR) is 131 cm³/mol. The van der Waals surface area contributed by atoms with Gasteiger partial charge in [-0.1, -0.05) is 42.1 Å². The minimum absolute atomic E-state index is 0.217. The summed E-state index contributed by atoms with van der Waals surface area (Å²) in [5.41, 5.74) is 1.30. The van der Waals surface area contributed by atoms with E-state index in [2.05, 4.69) is 11.4 Å². The third kappa shape index (κ3) is 7.09. The molecule has 0 aliphatic carbocycles. The van der Waals surface area contributed by atoms with Crippen LogP contribution in [0.25, 0.3) is 0 Å². The number of carbonyl (C=O) groups is 3. The van der Waals surface area contributed by atoms with Gasteiger partial charge in [0, 0.05) is 28.6 Å². The van der Waals surface area contributed by atoms with Crippen LogP contribution >= 0.6 is 11.8 Å². The van der Waals surface area contributed by atoms with Gasteiger partial charge in [-0.25, -0.2) is 4.79 Å². The number of methoxy groups -OCH3 is 1. The number of esters is 1. The van der Waals surface area contributed by atoms with E-state index in [-0.39, 0.29) is 12.1 Å². The molecule has 0 unspecified atom stereocenters. The number of benzene rings is 3. The fourth-order valence-electron chi connectivity index (χ4n) is 3.01. The van der Waals surface area contributed by atoms with E-state index >= 15 is 0 Å². The highest BCUT2D eigenvalue weighted by Crippen LogP contribution is 2.32. The molecular formula is C26H23N3O5S. The van der Waals surface area contributed by atoms with Crippen LogP contribution in [-0.2, 0) is 14.3 Å². The fourth-order valence-corrected chi connectivity index (χ4v) is 4.03. The van der Waals surface area contributed by atoms with E-state index in [1.54, 1.807) is 66.7 Å². The zero-order valence-electron chi connectivity index (χ0n) is 19.2. The second kappa shape index (κ2) is 12.3. The average Bonchev–Trinajstić information content (AvgIpc) is 2.87. The molecule has 0 aliphatic heterocycles. The molecule has 0 aliphatic rings. The minimum Gasteiger partial charge on any atom is -0.497 e. The average molecular weight is 490 g/mol. The van der Waals surface area contributed by atoms with Crippen molar-refractivity contribution >= 4 is 35.2 Å². The molecule has 2 amide bonds. The van der Waals surface area contributed by atoms with Crippen molar-refractivity contribution in [2.45, 2.75) is 9.79 Å². The smallest absolute Gasteiger partial charge is 0.339 e. The summed E-state index contributed by atoms with van der Waals surface area (Å²) < 4.78 is 10.3.